The number of ketones is 1. The number of carbonyl (C=O) groups is 2. The van der Waals surface area contributed by atoms with Gasteiger partial charge in [0, 0.05) is 36.9 Å². The molecule has 0 radical (unpaired) electrons. The van der Waals surface area contributed by atoms with Gasteiger partial charge in [0.1, 0.15) is 5.76 Å². The summed E-state index contributed by atoms with van der Waals surface area (Å²) in [5.74, 6) is -0.686. The number of carbonyl (C=O) groups excluding carboxylic acids is 2. The van der Waals surface area contributed by atoms with Crippen molar-refractivity contribution in [3.8, 4) is 11.5 Å². The van der Waals surface area contributed by atoms with Crippen molar-refractivity contribution in [1.82, 2.24) is 14.9 Å². The lowest BCUT2D eigenvalue weighted by atomic mass is 9.95. The molecule has 31 heavy (non-hydrogen) atoms. The molecule has 5 rings (SSSR count). The van der Waals surface area contributed by atoms with E-state index in [4.69, 9.17) is 9.47 Å². The van der Waals surface area contributed by atoms with Gasteiger partial charge in [0.25, 0.3) is 11.7 Å². The number of likely N-dealkylation sites (tertiary alicyclic amines) is 1. The predicted molar refractivity (Wildman–Crippen MR) is 109 cm³/mol. The quantitative estimate of drug-likeness (QED) is 0.397. The Balaban J connectivity index is 1.63. The van der Waals surface area contributed by atoms with Crippen LogP contribution in [0.25, 0.3) is 5.76 Å². The number of hydrogen-bond donors (Lipinski definition) is 1. The molecule has 1 unspecified atom stereocenters. The van der Waals surface area contributed by atoms with Crippen LogP contribution in [0, 0.1) is 0 Å². The minimum Gasteiger partial charge on any atom is -0.507 e. The topological polar surface area (TPSA) is 102 Å². The van der Waals surface area contributed by atoms with Crippen molar-refractivity contribution in [1.29, 1.82) is 0 Å². The van der Waals surface area contributed by atoms with Gasteiger partial charge in [-0.05, 0) is 47.5 Å². The molecule has 0 saturated carbocycles. The first-order valence-electron chi connectivity index (χ1n) is 9.61. The van der Waals surface area contributed by atoms with Crippen molar-refractivity contribution in [2.75, 3.05) is 6.79 Å². The molecule has 3 aromatic rings. The van der Waals surface area contributed by atoms with E-state index in [-0.39, 0.29) is 24.7 Å². The summed E-state index contributed by atoms with van der Waals surface area (Å²) in [7, 11) is 0. The molecule has 2 aliphatic heterocycles. The average molecular weight is 415 g/mol. The first-order chi connectivity index (χ1) is 15.1. The second kappa shape index (κ2) is 7.56. The Morgan fingerprint density at radius 3 is 2.61 bits per heavy atom. The monoisotopic (exact) mass is 415 g/mol. The predicted octanol–water partition coefficient (Wildman–Crippen LogP) is 2.83. The summed E-state index contributed by atoms with van der Waals surface area (Å²) in [6.45, 7) is 0.259. The van der Waals surface area contributed by atoms with E-state index < -0.39 is 17.7 Å². The van der Waals surface area contributed by atoms with E-state index in [1.54, 1.807) is 61.2 Å². The molecule has 8 nitrogen and oxygen atoms in total. The van der Waals surface area contributed by atoms with Gasteiger partial charge in [-0.25, -0.2) is 0 Å². The smallest absolute Gasteiger partial charge is 0.295 e. The van der Waals surface area contributed by atoms with E-state index in [1.165, 1.54) is 4.90 Å². The molecule has 1 atom stereocenters. The first-order valence-corrected chi connectivity index (χ1v) is 9.61. The third kappa shape index (κ3) is 3.28. The van der Waals surface area contributed by atoms with Crippen LogP contribution in [-0.4, -0.2) is 38.5 Å². The maximum Gasteiger partial charge on any atom is 0.295 e. The second-order valence-electron chi connectivity index (χ2n) is 7.14. The Morgan fingerprint density at radius 2 is 1.84 bits per heavy atom. The summed E-state index contributed by atoms with van der Waals surface area (Å²) in [6.07, 6.45) is 6.44. The normalized spacial score (nSPS) is 19.1. The van der Waals surface area contributed by atoms with Crippen molar-refractivity contribution in [3.63, 3.8) is 0 Å². The number of aliphatic hydroxyl groups is 1. The van der Waals surface area contributed by atoms with E-state index >= 15 is 0 Å². The van der Waals surface area contributed by atoms with Crippen LogP contribution in [0.4, 0.5) is 0 Å². The van der Waals surface area contributed by atoms with Crippen LogP contribution in [-0.2, 0) is 16.1 Å². The molecular formula is C23H17N3O5. The molecule has 0 bridgehead atoms. The minimum absolute atomic E-state index is 0.0129. The number of Topliss-reactive ketones (excluding diaryl/α,β-unsaturated/α-hetero) is 1. The Morgan fingerprint density at radius 1 is 1.03 bits per heavy atom. The highest BCUT2D eigenvalue weighted by atomic mass is 16.7. The maximum atomic E-state index is 13.0. The zero-order chi connectivity index (χ0) is 21.4. The van der Waals surface area contributed by atoms with E-state index in [0.29, 0.717) is 22.6 Å². The van der Waals surface area contributed by atoms with E-state index in [1.807, 2.05) is 6.07 Å². The summed E-state index contributed by atoms with van der Waals surface area (Å²) in [6, 6.07) is 11.1. The number of hydrogen-bond acceptors (Lipinski definition) is 7. The third-order valence-corrected chi connectivity index (χ3v) is 5.28. The summed E-state index contributed by atoms with van der Waals surface area (Å²) in [4.78, 5) is 35.6. The van der Waals surface area contributed by atoms with Gasteiger partial charge in [-0.3, -0.25) is 19.6 Å². The number of fused-ring (bicyclic) bond motifs is 1. The molecule has 4 heterocycles. The highest BCUT2D eigenvalue weighted by Gasteiger charge is 2.46. The van der Waals surface area contributed by atoms with Gasteiger partial charge in [0.2, 0.25) is 6.79 Å². The van der Waals surface area contributed by atoms with Gasteiger partial charge in [-0.15, -0.1) is 0 Å². The Bertz CT molecular complexity index is 1190. The van der Waals surface area contributed by atoms with E-state index in [9.17, 15) is 14.7 Å². The van der Waals surface area contributed by atoms with Crippen LogP contribution in [0.3, 0.4) is 0 Å². The van der Waals surface area contributed by atoms with Crippen LogP contribution in [0.1, 0.15) is 22.7 Å². The number of rotatable bonds is 4. The number of amides is 1. The van der Waals surface area contributed by atoms with Gasteiger partial charge in [-0.2, -0.15) is 0 Å². The number of ether oxygens (including phenoxy) is 2. The van der Waals surface area contributed by atoms with Crippen LogP contribution in [0.5, 0.6) is 11.5 Å². The van der Waals surface area contributed by atoms with Crippen LogP contribution >= 0.6 is 0 Å². The number of aromatic nitrogens is 2. The second-order valence-corrected chi connectivity index (χ2v) is 7.14. The van der Waals surface area contributed by atoms with Gasteiger partial charge in [-0.1, -0.05) is 6.07 Å². The lowest BCUT2D eigenvalue weighted by Crippen LogP contribution is -2.29. The summed E-state index contributed by atoms with van der Waals surface area (Å²) in [5, 5.41) is 11.1. The molecule has 1 N–H and O–H groups in total. The average Bonchev–Trinajstić information content (AvgIpc) is 3.38. The fraction of sp³-hybridized carbons (Fsp3) is 0.130. The van der Waals surface area contributed by atoms with Crippen molar-refractivity contribution >= 4 is 17.4 Å². The fourth-order valence-electron chi connectivity index (χ4n) is 3.82. The van der Waals surface area contributed by atoms with Crippen LogP contribution < -0.4 is 9.47 Å². The lowest BCUT2D eigenvalue weighted by Gasteiger charge is -2.25. The number of aliphatic hydroxyl groups excluding tert-OH is 1. The van der Waals surface area contributed by atoms with E-state index in [0.717, 1.165) is 5.56 Å². The lowest BCUT2D eigenvalue weighted by molar-refractivity contribution is -0.140. The van der Waals surface area contributed by atoms with Crippen molar-refractivity contribution in [2.45, 2.75) is 12.6 Å². The molecule has 1 aromatic carbocycles. The summed E-state index contributed by atoms with van der Waals surface area (Å²) >= 11 is 0. The first kappa shape index (κ1) is 18.8. The fourth-order valence-corrected chi connectivity index (χ4v) is 3.82. The van der Waals surface area contributed by atoms with Gasteiger partial charge in [0.05, 0.1) is 11.6 Å². The van der Waals surface area contributed by atoms with Crippen molar-refractivity contribution < 1.29 is 24.2 Å². The minimum atomic E-state index is -0.770. The van der Waals surface area contributed by atoms with Crippen LogP contribution in [0.15, 0.2) is 72.8 Å². The van der Waals surface area contributed by atoms with E-state index in [2.05, 4.69) is 9.97 Å². The van der Waals surface area contributed by atoms with Gasteiger partial charge in [0.15, 0.2) is 11.5 Å². The molecular weight excluding hydrogens is 398 g/mol. The number of nitrogens with zero attached hydrogens (tertiary/aromatic N) is 3. The summed E-state index contributed by atoms with van der Waals surface area (Å²) in [5.41, 5.74) is 1.81. The molecule has 0 spiro atoms. The Labute approximate surface area is 177 Å². The standard InChI is InChI=1S/C23H17N3O5/c27-21(16-3-4-17-18(10-16)31-13-30-17)19-20(15-5-8-24-9-6-15)26(23(29)22(19)28)12-14-2-1-7-25-11-14/h1-11,20,27H,12-13H2/b21-19+. The number of benzene rings is 1. The summed E-state index contributed by atoms with van der Waals surface area (Å²) < 4.78 is 10.7. The zero-order valence-electron chi connectivity index (χ0n) is 16.3. The highest BCUT2D eigenvalue weighted by molar-refractivity contribution is 6.46. The molecule has 154 valence electrons. The Hall–Kier alpha value is -4.20. The molecule has 1 saturated heterocycles. The maximum absolute atomic E-state index is 13.0. The molecule has 1 fully saturated rings. The highest BCUT2D eigenvalue weighted by Crippen LogP contribution is 2.41. The molecule has 8 heteroatoms. The SMILES string of the molecule is O=C1C(=O)N(Cc2cccnc2)C(c2ccncc2)/C1=C(\O)c1ccc2c(c1)OCO2. The van der Waals surface area contributed by atoms with Crippen molar-refractivity contribution in [3.05, 3.63) is 89.5 Å². The molecule has 1 amide bonds. The molecule has 2 aliphatic rings. The Kier molecular flexibility index (Phi) is 4.59. The van der Waals surface area contributed by atoms with Crippen molar-refractivity contribution in [2.24, 2.45) is 0 Å². The third-order valence-electron chi connectivity index (χ3n) is 5.28. The van der Waals surface area contributed by atoms with Gasteiger partial charge < -0.3 is 19.5 Å². The van der Waals surface area contributed by atoms with Crippen LogP contribution in [0.2, 0.25) is 0 Å². The molecule has 2 aromatic heterocycles. The molecule has 0 aliphatic carbocycles. The number of pyridine rings is 2. The van der Waals surface area contributed by atoms with Gasteiger partial charge >= 0.3 is 0 Å². The zero-order valence-corrected chi connectivity index (χ0v) is 16.3. The largest absolute Gasteiger partial charge is 0.507 e.